The van der Waals surface area contributed by atoms with Gasteiger partial charge in [-0.2, -0.15) is 0 Å². The zero-order valence-electron chi connectivity index (χ0n) is 14.1. The van der Waals surface area contributed by atoms with Crippen LogP contribution in [0.2, 0.25) is 0 Å². The normalized spacial score (nSPS) is 17.3. The number of urea groups is 1. The minimum atomic E-state index is -0.645. The van der Waals surface area contributed by atoms with Crippen LogP contribution >= 0.6 is 0 Å². The van der Waals surface area contributed by atoms with E-state index in [9.17, 15) is 14.4 Å². The van der Waals surface area contributed by atoms with Crippen LogP contribution < -0.4 is 10.2 Å². The van der Waals surface area contributed by atoms with Crippen molar-refractivity contribution in [2.75, 3.05) is 11.4 Å². The van der Waals surface area contributed by atoms with Gasteiger partial charge in [0.25, 0.3) is 5.91 Å². The van der Waals surface area contributed by atoms with E-state index in [0.717, 1.165) is 10.5 Å². The zero-order chi connectivity index (χ0) is 18.0. The van der Waals surface area contributed by atoms with E-state index < -0.39 is 23.9 Å². The van der Waals surface area contributed by atoms with Gasteiger partial charge in [-0.3, -0.25) is 19.4 Å². The van der Waals surface area contributed by atoms with Gasteiger partial charge < -0.3 is 9.73 Å². The van der Waals surface area contributed by atoms with Gasteiger partial charge in [0.1, 0.15) is 18.3 Å². The average Bonchev–Trinajstić information content (AvgIpc) is 3.18. The predicted octanol–water partition coefficient (Wildman–Crippen LogP) is 2.06. The third kappa shape index (κ3) is 3.40. The summed E-state index contributed by atoms with van der Waals surface area (Å²) in [6, 6.07) is 9.64. The first kappa shape index (κ1) is 16.8. The second-order valence-corrected chi connectivity index (χ2v) is 5.94. The third-order valence-corrected chi connectivity index (χ3v) is 4.10. The van der Waals surface area contributed by atoms with E-state index in [0.29, 0.717) is 11.4 Å². The average molecular weight is 341 g/mol. The highest BCUT2D eigenvalue weighted by molar-refractivity contribution is 6.15. The highest BCUT2D eigenvalue weighted by Gasteiger charge is 2.43. The number of nitrogens with zero attached hydrogens (tertiary/aromatic N) is 2. The van der Waals surface area contributed by atoms with E-state index in [1.807, 2.05) is 19.1 Å². The van der Waals surface area contributed by atoms with Gasteiger partial charge in [0.05, 0.1) is 12.8 Å². The number of nitrogens with one attached hydrogen (secondary N) is 1. The molecule has 0 aliphatic carbocycles. The van der Waals surface area contributed by atoms with Crippen molar-refractivity contribution in [3.63, 3.8) is 0 Å². The van der Waals surface area contributed by atoms with E-state index in [4.69, 9.17) is 4.42 Å². The summed E-state index contributed by atoms with van der Waals surface area (Å²) in [5, 5.41) is 2.63. The molecule has 2 aromatic rings. The number of aryl methyl sites for hydroxylation is 1. The number of carbonyl (C=O) groups excluding carboxylic acids is 3. The lowest BCUT2D eigenvalue weighted by molar-refractivity contribution is -0.131. The van der Waals surface area contributed by atoms with Crippen molar-refractivity contribution < 1.29 is 18.8 Å². The molecule has 4 amide bonds. The molecule has 130 valence electrons. The predicted molar refractivity (Wildman–Crippen MR) is 90.8 cm³/mol. The molecule has 1 aromatic heterocycles. The van der Waals surface area contributed by atoms with Crippen LogP contribution in [0.3, 0.4) is 0 Å². The van der Waals surface area contributed by atoms with Gasteiger partial charge >= 0.3 is 6.03 Å². The van der Waals surface area contributed by atoms with Crippen LogP contribution in [0.1, 0.15) is 18.2 Å². The molecule has 1 fully saturated rings. The number of furan rings is 1. The summed E-state index contributed by atoms with van der Waals surface area (Å²) in [7, 11) is 0. The maximum absolute atomic E-state index is 12.6. The van der Waals surface area contributed by atoms with Gasteiger partial charge in [-0.15, -0.1) is 0 Å². The van der Waals surface area contributed by atoms with Crippen molar-refractivity contribution in [2.24, 2.45) is 0 Å². The van der Waals surface area contributed by atoms with Crippen molar-refractivity contribution in [3.8, 4) is 0 Å². The molecule has 1 aliphatic rings. The number of benzene rings is 1. The Labute approximate surface area is 145 Å². The quantitative estimate of drug-likeness (QED) is 0.844. The molecular weight excluding hydrogens is 322 g/mol. The van der Waals surface area contributed by atoms with E-state index >= 15 is 0 Å². The molecule has 7 nitrogen and oxygen atoms in total. The number of anilines is 1. The highest BCUT2D eigenvalue weighted by atomic mass is 16.3. The van der Waals surface area contributed by atoms with Crippen LogP contribution in [-0.2, 0) is 16.1 Å². The summed E-state index contributed by atoms with van der Waals surface area (Å²) in [6.45, 7) is 3.49. The van der Waals surface area contributed by atoms with Crippen LogP contribution in [-0.4, -0.2) is 35.3 Å². The standard InChI is InChI=1S/C18H19N3O4/c1-12-5-7-14(8-6-12)21-13(2)17(23)20(18(21)24)11-16(22)19-10-15-4-3-9-25-15/h3-9,13H,10-11H2,1-2H3,(H,19,22)/t13-/m0/s1. The van der Waals surface area contributed by atoms with Gasteiger partial charge in [0.15, 0.2) is 0 Å². The topological polar surface area (TPSA) is 82.9 Å². The SMILES string of the molecule is Cc1ccc(N2C(=O)N(CC(=O)NCc3ccco3)C(=O)[C@@H]2C)cc1. The molecule has 25 heavy (non-hydrogen) atoms. The highest BCUT2D eigenvalue weighted by Crippen LogP contribution is 2.25. The second kappa shape index (κ2) is 6.80. The Morgan fingerprint density at radius 1 is 1.20 bits per heavy atom. The molecule has 1 aromatic carbocycles. The Bertz CT molecular complexity index is 783. The Morgan fingerprint density at radius 3 is 2.56 bits per heavy atom. The van der Waals surface area contributed by atoms with Crippen molar-refractivity contribution >= 4 is 23.5 Å². The Balaban J connectivity index is 1.67. The Kier molecular flexibility index (Phi) is 4.56. The molecule has 0 unspecified atom stereocenters. The first-order valence-electron chi connectivity index (χ1n) is 7.97. The minimum Gasteiger partial charge on any atom is -0.467 e. The number of carbonyl (C=O) groups is 3. The third-order valence-electron chi connectivity index (χ3n) is 4.10. The largest absolute Gasteiger partial charge is 0.467 e. The summed E-state index contributed by atoms with van der Waals surface area (Å²) >= 11 is 0. The first-order valence-corrected chi connectivity index (χ1v) is 7.97. The van der Waals surface area contributed by atoms with Crippen LogP contribution in [0.5, 0.6) is 0 Å². The molecule has 1 N–H and O–H groups in total. The van der Waals surface area contributed by atoms with Crippen molar-refractivity contribution in [2.45, 2.75) is 26.4 Å². The molecule has 1 aliphatic heterocycles. The molecular formula is C18H19N3O4. The lowest BCUT2D eigenvalue weighted by atomic mass is 10.2. The van der Waals surface area contributed by atoms with E-state index in [1.54, 1.807) is 31.2 Å². The van der Waals surface area contributed by atoms with Crippen LogP contribution in [0.15, 0.2) is 47.1 Å². The number of amides is 4. The van der Waals surface area contributed by atoms with Gasteiger partial charge in [-0.25, -0.2) is 4.79 Å². The molecule has 0 bridgehead atoms. The second-order valence-electron chi connectivity index (χ2n) is 5.94. The van der Waals surface area contributed by atoms with Gasteiger partial charge in [-0.1, -0.05) is 17.7 Å². The minimum absolute atomic E-state index is 0.208. The number of rotatable bonds is 5. The maximum Gasteiger partial charge on any atom is 0.332 e. The summed E-state index contributed by atoms with van der Waals surface area (Å²) in [5.74, 6) is -0.211. The van der Waals surface area contributed by atoms with Gasteiger partial charge in [0, 0.05) is 5.69 Å². The molecule has 7 heteroatoms. The summed E-state index contributed by atoms with van der Waals surface area (Å²) in [6.07, 6.45) is 1.51. The fourth-order valence-corrected chi connectivity index (χ4v) is 2.71. The fraction of sp³-hybridized carbons (Fsp3) is 0.278. The lowest BCUT2D eigenvalue weighted by Gasteiger charge is -2.19. The van der Waals surface area contributed by atoms with E-state index in [2.05, 4.69) is 5.32 Å². The van der Waals surface area contributed by atoms with Crippen LogP contribution in [0, 0.1) is 6.92 Å². The Hall–Kier alpha value is -3.09. The van der Waals surface area contributed by atoms with E-state index in [1.165, 1.54) is 11.2 Å². The van der Waals surface area contributed by atoms with Crippen LogP contribution in [0.4, 0.5) is 10.5 Å². The van der Waals surface area contributed by atoms with Gasteiger partial charge in [0.2, 0.25) is 5.91 Å². The monoisotopic (exact) mass is 341 g/mol. The van der Waals surface area contributed by atoms with Crippen molar-refractivity contribution in [1.29, 1.82) is 0 Å². The van der Waals surface area contributed by atoms with Crippen LogP contribution in [0.25, 0.3) is 0 Å². The molecule has 3 rings (SSSR count). The summed E-state index contributed by atoms with van der Waals surface area (Å²) in [4.78, 5) is 39.5. The number of hydrogen-bond acceptors (Lipinski definition) is 4. The van der Waals surface area contributed by atoms with Crippen molar-refractivity contribution in [1.82, 2.24) is 10.2 Å². The number of hydrogen-bond donors (Lipinski definition) is 1. The van der Waals surface area contributed by atoms with E-state index in [-0.39, 0.29) is 13.1 Å². The molecule has 0 saturated carbocycles. The lowest BCUT2D eigenvalue weighted by Crippen LogP contribution is -2.41. The van der Waals surface area contributed by atoms with Gasteiger partial charge in [-0.05, 0) is 38.1 Å². The maximum atomic E-state index is 12.6. The summed E-state index contributed by atoms with van der Waals surface area (Å²) in [5.41, 5.74) is 1.69. The molecule has 1 atom stereocenters. The first-order chi connectivity index (χ1) is 12.0. The Morgan fingerprint density at radius 2 is 1.92 bits per heavy atom. The zero-order valence-corrected chi connectivity index (χ0v) is 14.1. The van der Waals surface area contributed by atoms with Crippen molar-refractivity contribution in [3.05, 3.63) is 54.0 Å². The number of imide groups is 1. The molecule has 2 heterocycles. The molecule has 1 saturated heterocycles. The summed E-state index contributed by atoms with van der Waals surface area (Å²) < 4.78 is 5.13. The fourth-order valence-electron chi connectivity index (χ4n) is 2.71. The molecule has 0 spiro atoms. The molecule has 0 radical (unpaired) electrons. The smallest absolute Gasteiger partial charge is 0.332 e.